The van der Waals surface area contributed by atoms with E-state index in [1.165, 1.54) is 0 Å². The molecule has 2 aliphatic heterocycles. The van der Waals surface area contributed by atoms with Crippen LogP contribution in [0.25, 0.3) is 0 Å². The van der Waals surface area contributed by atoms with E-state index in [9.17, 15) is 9.59 Å². The molecule has 0 saturated carbocycles. The number of rotatable bonds is 4. The van der Waals surface area contributed by atoms with Crippen molar-refractivity contribution in [1.29, 1.82) is 0 Å². The molecule has 0 spiro atoms. The van der Waals surface area contributed by atoms with E-state index in [0.29, 0.717) is 36.7 Å². The Kier molecular flexibility index (Phi) is 6.74. The fraction of sp³-hybridized carbons (Fsp3) is 0.650. The maximum atomic E-state index is 12.7. The molecule has 0 aliphatic carbocycles. The molecule has 2 aliphatic rings. The summed E-state index contributed by atoms with van der Waals surface area (Å²) in [7, 11) is 1.64. The molecule has 2 rings (SSSR count). The number of allylic oxidation sites excluding steroid dienone is 1. The highest BCUT2D eigenvalue weighted by Gasteiger charge is 2.40. The van der Waals surface area contributed by atoms with Gasteiger partial charge in [-0.25, -0.2) is 9.59 Å². The molecule has 3 N–H and O–H groups in total. The van der Waals surface area contributed by atoms with Crippen molar-refractivity contribution < 1.29 is 14.3 Å². The first-order valence-corrected chi connectivity index (χ1v) is 9.78. The lowest BCUT2D eigenvalue weighted by molar-refractivity contribution is 0.0164. The molecule has 8 heteroatoms. The summed E-state index contributed by atoms with van der Waals surface area (Å²) >= 11 is 0. The number of hydrogen-bond donors (Lipinski definition) is 2. The summed E-state index contributed by atoms with van der Waals surface area (Å²) in [5, 5.41) is 2.85. The predicted octanol–water partition coefficient (Wildman–Crippen LogP) is 2.97. The van der Waals surface area contributed by atoms with Crippen molar-refractivity contribution in [2.75, 3.05) is 20.1 Å². The minimum Gasteiger partial charge on any atom is -0.444 e. The standard InChI is InChI=1S/C20H33N5O3/c1-7-13(2)11-15(21)16-17(22-6)25(18(26)23-16)14-9-8-10-24(12-14)19(27)28-20(3,4)5/h14H,2,7-12,21H2,1,3-6H3,(H,23,26)/b16-15-,22-17+/t14-/m1/s1. The third-order valence-electron chi connectivity index (χ3n) is 4.79. The predicted molar refractivity (Wildman–Crippen MR) is 110 cm³/mol. The monoisotopic (exact) mass is 391 g/mol. The maximum Gasteiger partial charge on any atom is 0.410 e. The van der Waals surface area contributed by atoms with Gasteiger partial charge in [-0.1, -0.05) is 19.1 Å². The number of piperidine rings is 1. The van der Waals surface area contributed by atoms with Crippen LogP contribution in [0.2, 0.25) is 0 Å². The Morgan fingerprint density at radius 2 is 2.11 bits per heavy atom. The van der Waals surface area contributed by atoms with Crippen LogP contribution in [0.3, 0.4) is 0 Å². The zero-order chi connectivity index (χ0) is 21.1. The molecule has 156 valence electrons. The van der Waals surface area contributed by atoms with Gasteiger partial charge in [0.15, 0.2) is 5.84 Å². The van der Waals surface area contributed by atoms with E-state index in [1.807, 2.05) is 27.7 Å². The smallest absolute Gasteiger partial charge is 0.410 e. The Balaban J connectivity index is 2.19. The summed E-state index contributed by atoms with van der Waals surface area (Å²) in [5.41, 5.74) is 7.74. The van der Waals surface area contributed by atoms with Crippen LogP contribution >= 0.6 is 0 Å². The number of likely N-dealkylation sites (tertiary alicyclic amines) is 1. The largest absolute Gasteiger partial charge is 0.444 e. The molecule has 0 bridgehead atoms. The van der Waals surface area contributed by atoms with Gasteiger partial charge in [0.05, 0.1) is 6.04 Å². The van der Waals surface area contributed by atoms with Gasteiger partial charge in [0.2, 0.25) is 0 Å². The lowest BCUT2D eigenvalue weighted by Gasteiger charge is -2.37. The fourth-order valence-electron chi connectivity index (χ4n) is 3.36. The zero-order valence-corrected chi connectivity index (χ0v) is 17.7. The second-order valence-corrected chi connectivity index (χ2v) is 8.25. The van der Waals surface area contributed by atoms with Gasteiger partial charge >= 0.3 is 12.1 Å². The van der Waals surface area contributed by atoms with Crippen molar-refractivity contribution in [2.24, 2.45) is 10.7 Å². The first-order chi connectivity index (χ1) is 13.1. The van der Waals surface area contributed by atoms with Crippen LogP contribution in [-0.4, -0.2) is 59.5 Å². The number of ether oxygens (including phenoxy) is 1. The molecule has 8 nitrogen and oxygen atoms in total. The van der Waals surface area contributed by atoms with Crippen LogP contribution < -0.4 is 11.1 Å². The van der Waals surface area contributed by atoms with Gasteiger partial charge < -0.3 is 20.7 Å². The molecule has 0 aromatic heterocycles. The van der Waals surface area contributed by atoms with Gasteiger partial charge in [0.1, 0.15) is 11.3 Å². The molecule has 0 aromatic carbocycles. The first-order valence-electron chi connectivity index (χ1n) is 9.78. The molecule has 3 amide bonds. The Morgan fingerprint density at radius 1 is 1.43 bits per heavy atom. The average molecular weight is 392 g/mol. The van der Waals surface area contributed by atoms with Crippen LogP contribution in [0.1, 0.15) is 53.4 Å². The third kappa shape index (κ3) is 5.05. The summed E-state index contributed by atoms with van der Waals surface area (Å²) in [5.74, 6) is 0.516. The van der Waals surface area contributed by atoms with Gasteiger partial charge in [-0.05, 0) is 40.0 Å². The number of hydrogen-bond acceptors (Lipinski definition) is 5. The molecule has 2 fully saturated rings. The van der Waals surface area contributed by atoms with Crippen LogP contribution in [0.4, 0.5) is 9.59 Å². The van der Waals surface area contributed by atoms with Crippen molar-refractivity contribution in [1.82, 2.24) is 15.1 Å². The molecule has 2 heterocycles. The quantitative estimate of drug-likeness (QED) is 0.720. The van der Waals surface area contributed by atoms with Crippen LogP contribution in [-0.2, 0) is 4.74 Å². The average Bonchev–Trinajstić information content (AvgIpc) is 2.96. The lowest BCUT2D eigenvalue weighted by Crippen LogP contribution is -2.52. The molecule has 1 atom stereocenters. The molecule has 0 radical (unpaired) electrons. The van der Waals surface area contributed by atoms with Gasteiger partial charge in [-0.2, -0.15) is 0 Å². The van der Waals surface area contributed by atoms with Crippen molar-refractivity contribution in [3.8, 4) is 0 Å². The van der Waals surface area contributed by atoms with Crippen LogP contribution in [0.15, 0.2) is 28.5 Å². The van der Waals surface area contributed by atoms with E-state index >= 15 is 0 Å². The minimum absolute atomic E-state index is 0.181. The first kappa shape index (κ1) is 21.8. The van der Waals surface area contributed by atoms with E-state index in [0.717, 1.165) is 24.8 Å². The SMILES string of the molecule is C=C(CC)C/C(N)=C1/NC(=O)N([C@@H]2CCCN(C(=O)OC(C)(C)C)C2)/C1=N/C. The van der Waals surface area contributed by atoms with Crippen LogP contribution in [0.5, 0.6) is 0 Å². The highest BCUT2D eigenvalue weighted by molar-refractivity contribution is 6.15. The molecule has 28 heavy (non-hydrogen) atoms. The van der Waals surface area contributed by atoms with Crippen LogP contribution in [0, 0.1) is 0 Å². The number of nitrogens with zero attached hydrogens (tertiary/aromatic N) is 3. The number of carbonyl (C=O) groups is 2. The van der Waals surface area contributed by atoms with E-state index < -0.39 is 5.60 Å². The summed E-state index contributed by atoms with van der Waals surface area (Å²) in [6.07, 6.45) is 2.53. The molecule has 2 saturated heterocycles. The maximum absolute atomic E-state index is 12.7. The van der Waals surface area contributed by atoms with Gasteiger partial charge in [0.25, 0.3) is 0 Å². The number of nitrogens with one attached hydrogen (secondary N) is 1. The number of amides is 3. The molecular weight excluding hydrogens is 358 g/mol. The molecule has 0 aromatic rings. The van der Waals surface area contributed by atoms with Crippen molar-refractivity contribution in [2.45, 2.75) is 65.0 Å². The summed E-state index contributed by atoms with van der Waals surface area (Å²) < 4.78 is 5.48. The topological polar surface area (TPSA) is 100 Å². The second-order valence-electron chi connectivity index (χ2n) is 8.25. The highest BCUT2D eigenvalue weighted by Crippen LogP contribution is 2.25. The Bertz CT molecular complexity index is 705. The number of urea groups is 1. The Labute approximate surface area is 167 Å². The van der Waals surface area contributed by atoms with Gasteiger partial charge in [-0.15, -0.1) is 0 Å². The zero-order valence-electron chi connectivity index (χ0n) is 17.7. The summed E-state index contributed by atoms with van der Waals surface area (Å²) in [6, 6.07) is -0.448. The van der Waals surface area contributed by atoms with Crippen molar-refractivity contribution in [3.63, 3.8) is 0 Å². The van der Waals surface area contributed by atoms with E-state index in [4.69, 9.17) is 10.5 Å². The van der Waals surface area contributed by atoms with E-state index in [1.54, 1.807) is 16.8 Å². The fourth-order valence-corrected chi connectivity index (χ4v) is 3.36. The number of aliphatic imine (C=N–C) groups is 1. The van der Waals surface area contributed by atoms with Gasteiger partial charge in [0, 0.05) is 32.3 Å². The normalized spacial score (nSPS) is 23.7. The Hall–Kier alpha value is -2.51. The van der Waals surface area contributed by atoms with E-state index in [2.05, 4.69) is 16.9 Å². The molecule has 0 unspecified atom stereocenters. The van der Waals surface area contributed by atoms with Gasteiger partial charge in [-0.3, -0.25) is 9.89 Å². The minimum atomic E-state index is -0.558. The highest BCUT2D eigenvalue weighted by atomic mass is 16.6. The van der Waals surface area contributed by atoms with E-state index in [-0.39, 0.29) is 18.2 Å². The van der Waals surface area contributed by atoms with Crippen molar-refractivity contribution >= 4 is 18.0 Å². The number of amidine groups is 1. The summed E-state index contributed by atoms with van der Waals surface area (Å²) in [4.78, 5) is 32.7. The third-order valence-corrected chi connectivity index (χ3v) is 4.79. The number of carbonyl (C=O) groups excluding carboxylic acids is 2. The number of nitrogens with two attached hydrogens (primary N) is 1. The van der Waals surface area contributed by atoms with Crippen molar-refractivity contribution in [3.05, 3.63) is 23.5 Å². The lowest BCUT2D eigenvalue weighted by atomic mass is 10.0. The second kappa shape index (κ2) is 8.67. The summed E-state index contributed by atoms with van der Waals surface area (Å²) in [6.45, 7) is 12.5. The Morgan fingerprint density at radius 3 is 2.68 bits per heavy atom. The molecular formula is C20H33N5O3.